The van der Waals surface area contributed by atoms with E-state index in [9.17, 15) is 27.6 Å². The second-order valence-corrected chi connectivity index (χ2v) is 11.1. The highest BCUT2D eigenvalue weighted by Crippen LogP contribution is 2.37. The van der Waals surface area contributed by atoms with Gasteiger partial charge in [0.2, 0.25) is 5.78 Å². The Hall–Kier alpha value is -4.71. The minimum atomic E-state index is -5.19. The Morgan fingerprint density at radius 3 is 1.98 bits per heavy atom. The van der Waals surface area contributed by atoms with Crippen molar-refractivity contribution in [2.45, 2.75) is 31.2 Å². The van der Waals surface area contributed by atoms with Gasteiger partial charge in [0, 0.05) is 30.0 Å². The van der Waals surface area contributed by atoms with Crippen molar-refractivity contribution in [1.82, 2.24) is 0 Å². The summed E-state index contributed by atoms with van der Waals surface area (Å²) >= 11 is 0. The van der Waals surface area contributed by atoms with Gasteiger partial charge >= 0.3 is 18.1 Å². The molecule has 3 aliphatic heterocycles. The van der Waals surface area contributed by atoms with Gasteiger partial charge in [0.1, 0.15) is 19.1 Å². The average Bonchev–Trinajstić information content (AvgIpc) is 3.04. The van der Waals surface area contributed by atoms with E-state index in [1.165, 1.54) is 7.11 Å². The summed E-state index contributed by atoms with van der Waals surface area (Å²) in [5.41, 5.74) is 2.64. The first-order valence-corrected chi connectivity index (χ1v) is 14.3. The number of benzene rings is 3. The number of piperidine rings is 3. The Morgan fingerprint density at radius 1 is 0.889 bits per heavy atom. The summed E-state index contributed by atoms with van der Waals surface area (Å²) < 4.78 is 43.2. The number of hydrogen-bond acceptors (Lipinski definition) is 8. The molecule has 3 aliphatic rings. The minimum Gasteiger partial charge on any atom is -0.542 e. The SMILES string of the molecule is COC(=O)c1ccc(NC(C(=O)O[C@H]2C[N+]3(CC(=O)c4ccccc4)CCC2CC3)c2ccccc2)cc1.O=C([O-])C(F)(F)F. The molecule has 3 fully saturated rings. The molecule has 0 amide bonds. The molecule has 0 saturated carbocycles. The molecule has 1 unspecified atom stereocenters. The second kappa shape index (κ2) is 14.4. The number of esters is 2. The van der Waals surface area contributed by atoms with E-state index in [2.05, 4.69) is 5.32 Å². The molecule has 238 valence electrons. The Morgan fingerprint density at radius 2 is 1.44 bits per heavy atom. The standard InChI is InChI=1S/C31H32N2O5.C2HF3O2/c1-37-30(35)25-12-14-26(15-13-25)32-29(24-10-6-3-7-11-24)31(36)38-28-21-33(18-16-23(28)17-19-33)20-27(34)22-8-4-2-5-9-22;3-2(4,5)1(6)7/h2-15,23,28-29H,16-21H2,1H3;(H,6,7)/t23?,28-,29?,33?;/m0./s1. The largest absolute Gasteiger partial charge is 0.542 e. The summed E-state index contributed by atoms with van der Waals surface area (Å²) in [7, 11) is 1.34. The Bertz CT molecular complexity index is 1470. The molecule has 3 aromatic rings. The highest BCUT2D eigenvalue weighted by atomic mass is 19.4. The monoisotopic (exact) mass is 626 g/mol. The van der Waals surface area contributed by atoms with Gasteiger partial charge in [-0.1, -0.05) is 60.7 Å². The average molecular weight is 627 g/mol. The summed E-state index contributed by atoms with van der Waals surface area (Å²) in [6.07, 6.45) is -3.54. The van der Waals surface area contributed by atoms with Crippen molar-refractivity contribution in [3.63, 3.8) is 0 Å². The molecule has 45 heavy (non-hydrogen) atoms. The third kappa shape index (κ3) is 8.69. The number of nitrogens with zero attached hydrogens (tertiary/aromatic N) is 1. The molecule has 0 aromatic heterocycles. The number of quaternary nitrogens is 1. The Kier molecular flexibility index (Phi) is 10.6. The number of halogens is 3. The number of hydrogen-bond donors (Lipinski definition) is 1. The van der Waals surface area contributed by atoms with Crippen molar-refractivity contribution in [2.24, 2.45) is 5.92 Å². The smallest absolute Gasteiger partial charge is 0.430 e. The van der Waals surface area contributed by atoms with Crippen LogP contribution in [-0.4, -0.2) is 73.7 Å². The van der Waals surface area contributed by atoms with Crippen LogP contribution >= 0.6 is 0 Å². The van der Waals surface area contributed by atoms with Crippen LogP contribution in [0.25, 0.3) is 0 Å². The number of methoxy groups -OCH3 is 1. The molecule has 3 saturated heterocycles. The third-order valence-electron chi connectivity index (χ3n) is 8.10. The van der Waals surface area contributed by atoms with E-state index in [4.69, 9.17) is 19.4 Å². The number of carboxylic acids is 1. The van der Waals surface area contributed by atoms with Crippen LogP contribution in [0.4, 0.5) is 18.9 Å². The van der Waals surface area contributed by atoms with Gasteiger partial charge in [-0.3, -0.25) is 4.79 Å². The van der Waals surface area contributed by atoms with Gasteiger partial charge in [0.15, 0.2) is 12.1 Å². The lowest BCUT2D eigenvalue weighted by molar-refractivity contribution is -0.938. The molecule has 0 radical (unpaired) electrons. The van der Waals surface area contributed by atoms with E-state index in [1.54, 1.807) is 24.3 Å². The molecule has 9 nitrogen and oxygen atoms in total. The Labute approximate surface area is 258 Å². The van der Waals surface area contributed by atoms with Crippen LogP contribution in [0, 0.1) is 5.92 Å². The normalized spacial score (nSPS) is 21.0. The molecule has 2 bridgehead atoms. The fourth-order valence-electron chi connectivity index (χ4n) is 5.72. The lowest BCUT2D eigenvalue weighted by Gasteiger charge is -2.51. The maximum Gasteiger partial charge on any atom is 0.430 e. The summed E-state index contributed by atoms with van der Waals surface area (Å²) in [6, 6.07) is 25.0. The van der Waals surface area contributed by atoms with Crippen molar-refractivity contribution in [1.29, 1.82) is 0 Å². The number of carbonyl (C=O) groups is 4. The molecular weight excluding hydrogens is 593 g/mol. The number of aliphatic carboxylic acids is 1. The highest BCUT2D eigenvalue weighted by molar-refractivity contribution is 5.97. The van der Waals surface area contributed by atoms with Crippen LogP contribution in [0.15, 0.2) is 84.9 Å². The van der Waals surface area contributed by atoms with Crippen LogP contribution in [0.3, 0.4) is 0 Å². The molecule has 3 aromatic carbocycles. The van der Waals surface area contributed by atoms with E-state index in [-0.39, 0.29) is 17.9 Å². The number of carboxylic acid groups (broad SMARTS) is 1. The van der Waals surface area contributed by atoms with Crippen molar-refractivity contribution < 1.29 is 51.4 Å². The maximum absolute atomic E-state index is 13.6. The molecule has 3 heterocycles. The quantitative estimate of drug-likeness (QED) is 0.215. The zero-order valence-corrected chi connectivity index (χ0v) is 24.5. The molecule has 0 spiro atoms. The number of rotatable bonds is 9. The van der Waals surface area contributed by atoms with E-state index in [0.29, 0.717) is 34.7 Å². The van der Waals surface area contributed by atoms with E-state index in [0.717, 1.165) is 37.1 Å². The number of Topliss-reactive ketones (excluding diaryl/α,β-unsaturated/α-hetero) is 1. The number of fused-ring (bicyclic) bond motifs is 3. The number of alkyl halides is 3. The van der Waals surface area contributed by atoms with Crippen LogP contribution in [0.5, 0.6) is 0 Å². The van der Waals surface area contributed by atoms with Crippen molar-refractivity contribution >= 4 is 29.4 Å². The minimum absolute atomic E-state index is 0.134. The van der Waals surface area contributed by atoms with Gasteiger partial charge in [-0.25, -0.2) is 9.59 Å². The van der Waals surface area contributed by atoms with Crippen LogP contribution in [0.1, 0.15) is 45.2 Å². The van der Waals surface area contributed by atoms with Gasteiger partial charge in [-0.15, -0.1) is 0 Å². The van der Waals surface area contributed by atoms with Crippen LogP contribution in [-0.2, 0) is 19.1 Å². The zero-order chi connectivity index (χ0) is 32.6. The number of anilines is 1. The van der Waals surface area contributed by atoms with E-state index < -0.39 is 24.2 Å². The lowest BCUT2D eigenvalue weighted by Crippen LogP contribution is -2.65. The summed E-state index contributed by atoms with van der Waals surface area (Å²) in [4.78, 5) is 47.3. The van der Waals surface area contributed by atoms with E-state index in [1.807, 2.05) is 60.7 Å². The van der Waals surface area contributed by atoms with E-state index >= 15 is 0 Å². The Balaban J connectivity index is 0.000000591. The van der Waals surface area contributed by atoms with Gasteiger partial charge in [-0.2, -0.15) is 13.2 Å². The van der Waals surface area contributed by atoms with Crippen molar-refractivity contribution in [3.8, 4) is 0 Å². The zero-order valence-electron chi connectivity index (χ0n) is 24.5. The van der Waals surface area contributed by atoms with Crippen LogP contribution < -0.4 is 10.4 Å². The first-order valence-electron chi connectivity index (χ1n) is 14.3. The summed E-state index contributed by atoms with van der Waals surface area (Å²) in [5, 5.41) is 12.1. The highest BCUT2D eigenvalue weighted by Gasteiger charge is 2.49. The lowest BCUT2D eigenvalue weighted by atomic mass is 9.82. The molecule has 0 aliphatic carbocycles. The van der Waals surface area contributed by atoms with Gasteiger partial charge in [0.25, 0.3) is 0 Å². The van der Waals surface area contributed by atoms with Gasteiger partial charge in [-0.05, 0) is 29.8 Å². The fraction of sp³-hybridized carbons (Fsp3) is 0.333. The summed E-state index contributed by atoms with van der Waals surface area (Å²) in [5.74, 6) is -3.33. The first kappa shape index (κ1) is 33.2. The van der Waals surface area contributed by atoms with Gasteiger partial charge < -0.3 is 29.2 Å². The number of carbonyl (C=O) groups excluding carboxylic acids is 4. The molecule has 12 heteroatoms. The number of ketones is 1. The number of ether oxygens (including phenoxy) is 2. The van der Waals surface area contributed by atoms with Crippen LogP contribution in [0.2, 0.25) is 0 Å². The third-order valence-corrected chi connectivity index (χ3v) is 8.10. The number of nitrogens with one attached hydrogen (secondary N) is 1. The predicted molar refractivity (Wildman–Crippen MR) is 155 cm³/mol. The topological polar surface area (TPSA) is 122 Å². The predicted octanol–water partition coefficient (Wildman–Crippen LogP) is 3.96. The van der Waals surface area contributed by atoms with Crippen molar-refractivity contribution in [3.05, 3.63) is 102 Å². The first-order chi connectivity index (χ1) is 21.4. The second-order valence-electron chi connectivity index (χ2n) is 11.1. The fourth-order valence-corrected chi connectivity index (χ4v) is 5.72. The van der Waals surface area contributed by atoms with Crippen molar-refractivity contribution in [2.75, 3.05) is 38.6 Å². The summed E-state index contributed by atoms with van der Waals surface area (Å²) in [6.45, 7) is 2.95. The molecule has 6 rings (SSSR count). The molecule has 1 N–H and O–H groups in total. The maximum atomic E-state index is 13.6. The molecular formula is C33H33F3N2O7. The van der Waals surface area contributed by atoms with Gasteiger partial charge in [0.05, 0.1) is 25.8 Å². The molecule has 2 atom stereocenters.